The van der Waals surface area contributed by atoms with Crippen LogP contribution >= 0.6 is 23.2 Å². The van der Waals surface area contributed by atoms with E-state index >= 15 is 0 Å². The molecule has 1 heterocycles. The van der Waals surface area contributed by atoms with E-state index in [-0.39, 0.29) is 15.8 Å². The van der Waals surface area contributed by atoms with Gasteiger partial charge in [-0.25, -0.2) is 8.42 Å². The maximum absolute atomic E-state index is 13.0. The van der Waals surface area contributed by atoms with Gasteiger partial charge in [0.05, 0.1) is 12.1 Å². The average molecular weight is 414 g/mol. The van der Waals surface area contributed by atoms with E-state index < -0.39 is 10.0 Å². The number of piperidine rings is 1. The minimum atomic E-state index is -3.64. The Morgan fingerprint density at radius 3 is 2.38 bits per heavy atom. The molecule has 0 unspecified atom stereocenters. The van der Waals surface area contributed by atoms with E-state index in [1.54, 1.807) is 20.1 Å². The molecule has 0 saturated carbocycles. The normalized spacial score (nSPS) is 16.6. The lowest BCUT2D eigenvalue weighted by Crippen LogP contribution is -2.38. The molecule has 140 valence electrons. The number of sulfonamides is 1. The van der Waals surface area contributed by atoms with Crippen LogP contribution in [0.3, 0.4) is 0 Å². The van der Waals surface area contributed by atoms with E-state index in [0.29, 0.717) is 23.7 Å². The zero-order valence-electron chi connectivity index (χ0n) is 14.7. The maximum atomic E-state index is 13.0. The largest absolute Gasteiger partial charge is 0.496 e. The van der Waals surface area contributed by atoms with Crippen LogP contribution in [0.25, 0.3) is 0 Å². The summed E-state index contributed by atoms with van der Waals surface area (Å²) in [5.74, 6) is 1.13. The average Bonchev–Trinajstić information content (AvgIpc) is 2.64. The molecule has 2 aromatic rings. The van der Waals surface area contributed by atoms with Gasteiger partial charge in [-0.2, -0.15) is 4.31 Å². The molecule has 0 spiro atoms. The van der Waals surface area contributed by atoms with Gasteiger partial charge in [0.2, 0.25) is 10.0 Å². The Morgan fingerprint density at radius 1 is 1.08 bits per heavy atom. The van der Waals surface area contributed by atoms with E-state index in [1.165, 1.54) is 10.4 Å². The van der Waals surface area contributed by atoms with Crippen molar-refractivity contribution in [1.29, 1.82) is 0 Å². The van der Waals surface area contributed by atoms with E-state index in [1.807, 2.05) is 24.3 Å². The van der Waals surface area contributed by atoms with Crippen molar-refractivity contribution < 1.29 is 13.2 Å². The molecule has 1 aliphatic heterocycles. The lowest BCUT2D eigenvalue weighted by atomic mass is 9.89. The molecule has 26 heavy (non-hydrogen) atoms. The fourth-order valence-electron chi connectivity index (χ4n) is 3.38. The highest BCUT2D eigenvalue weighted by atomic mass is 35.5. The SMILES string of the molecule is COc1ccccc1C1CCN(S(=O)(=O)c2cc(C)c(Cl)cc2Cl)CC1. The molecule has 7 heteroatoms. The molecule has 1 aliphatic rings. The third kappa shape index (κ3) is 3.72. The standard InChI is InChI=1S/C19H21Cl2NO3S/c1-13-11-19(17(21)12-16(13)20)26(23,24)22-9-7-14(8-10-22)15-5-3-4-6-18(15)25-2/h3-6,11-12,14H,7-10H2,1-2H3. The van der Waals surface area contributed by atoms with Gasteiger partial charge >= 0.3 is 0 Å². The highest BCUT2D eigenvalue weighted by Crippen LogP contribution is 2.37. The number of methoxy groups -OCH3 is 1. The van der Waals surface area contributed by atoms with Gasteiger partial charge in [-0.3, -0.25) is 0 Å². The first-order chi connectivity index (χ1) is 12.3. The molecule has 0 N–H and O–H groups in total. The molecule has 3 rings (SSSR count). The van der Waals surface area contributed by atoms with E-state index in [4.69, 9.17) is 27.9 Å². The summed E-state index contributed by atoms with van der Waals surface area (Å²) < 4.78 is 33.0. The second kappa shape index (κ2) is 7.77. The first kappa shape index (κ1) is 19.5. The molecule has 0 aromatic heterocycles. The first-order valence-corrected chi connectivity index (χ1v) is 10.6. The number of nitrogens with zero attached hydrogens (tertiary/aromatic N) is 1. The first-order valence-electron chi connectivity index (χ1n) is 8.43. The van der Waals surface area contributed by atoms with Crippen LogP contribution < -0.4 is 4.74 Å². The van der Waals surface area contributed by atoms with Crippen LogP contribution in [0.2, 0.25) is 10.0 Å². The number of ether oxygens (including phenoxy) is 1. The molecule has 1 saturated heterocycles. The summed E-state index contributed by atoms with van der Waals surface area (Å²) in [4.78, 5) is 0.122. The molecule has 0 radical (unpaired) electrons. The summed E-state index contributed by atoms with van der Waals surface area (Å²) >= 11 is 12.2. The van der Waals surface area contributed by atoms with Crippen molar-refractivity contribution in [1.82, 2.24) is 4.31 Å². The van der Waals surface area contributed by atoms with Crippen LogP contribution in [0.15, 0.2) is 41.3 Å². The second-order valence-electron chi connectivity index (χ2n) is 6.45. The number of para-hydroxylation sites is 1. The fraction of sp³-hybridized carbons (Fsp3) is 0.368. The van der Waals surface area contributed by atoms with Crippen molar-refractivity contribution in [2.75, 3.05) is 20.2 Å². The number of aryl methyl sites for hydroxylation is 1. The molecule has 4 nitrogen and oxygen atoms in total. The maximum Gasteiger partial charge on any atom is 0.244 e. The van der Waals surface area contributed by atoms with Gasteiger partial charge in [0.15, 0.2) is 0 Å². The number of halogens is 2. The van der Waals surface area contributed by atoms with Crippen molar-refractivity contribution in [2.45, 2.75) is 30.6 Å². The summed E-state index contributed by atoms with van der Waals surface area (Å²) in [6, 6.07) is 10.9. The fourth-order valence-corrected chi connectivity index (χ4v) is 5.65. The van der Waals surface area contributed by atoms with Gasteiger partial charge in [-0.15, -0.1) is 0 Å². The summed E-state index contributed by atoms with van der Waals surface area (Å²) in [5, 5.41) is 0.622. The highest BCUT2D eigenvalue weighted by Gasteiger charge is 2.32. The molecule has 2 aromatic carbocycles. The van der Waals surface area contributed by atoms with Crippen molar-refractivity contribution in [3.63, 3.8) is 0 Å². The van der Waals surface area contributed by atoms with Crippen molar-refractivity contribution >= 4 is 33.2 Å². The van der Waals surface area contributed by atoms with E-state index in [0.717, 1.165) is 24.2 Å². The summed E-state index contributed by atoms with van der Waals surface area (Å²) in [6.07, 6.45) is 1.48. The zero-order chi connectivity index (χ0) is 18.9. The number of rotatable bonds is 4. The van der Waals surface area contributed by atoms with Crippen LogP contribution in [0.1, 0.15) is 29.9 Å². The number of hydrogen-bond donors (Lipinski definition) is 0. The highest BCUT2D eigenvalue weighted by molar-refractivity contribution is 7.89. The van der Waals surface area contributed by atoms with Gasteiger partial charge in [-0.1, -0.05) is 41.4 Å². The number of benzene rings is 2. The van der Waals surface area contributed by atoms with Crippen LogP contribution in [-0.2, 0) is 10.0 Å². The molecule has 0 bridgehead atoms. The Bertz CT molecular complexity index is 907. The molecule has 0 amide bonds. The minimum Gasteiger partial charge on any atom is -0.496 e. The van der Waals surface area contributed by atoms with Gasteiger partial charge in [-0.05, 0) is 55.0 Å². The Kier molecular flexibility index (Phi) is 5.82. The van der Waals surface area contributed by atoms with Gasteiger partial charge in [0.25, 0.3) is 0 Å². The Labute approximate surface area is 164 Å². The quantitative estimate of drug-likeness (QED) is 0.717. The van der Waals surface area contributed by atoms with Gasteiger partial charge < -0.3 is 4.74 Å². The molecule has 1 fully saturated rings. The summed E-state index contributed by atoms with van der Waals surface area (Å²) in [7, 11) is -1.99. The summed E-state index contributed by atoms with van der Waals surface area (Å²) in [5.41, 5.74) is 1.82. The second-order valence-corrected chi connectivity index (χ2v) is 9.17. The van der Waals surface area contributed by atoms with E-state index in [9.17, 15) is 8.42 Å². The Hall–Kier alpha value is -1.27. The Morgan fingerprint density at radius 2 is 1.73 bits per heavy atom. The van der Waals surface area contributed by atoms with Crippen molar-refractivity contribution in [3.05, 3.63) is 57.6 Å². The monoisotopic (exact) mass is 413 g/mol. The molecular formula is C19H21Cl2NO3S. The topological polar surface area (TPSA) is 46.6 Å². The van der Waals surface area contributed by atoms with Crippen molar-refractivity contribution in [3.8, 4) is 5.75 Å². The minimum absolute atomic E-state index is 0.122. The van der Waals surface area contributed by atoms with E-state index in [2.05, 4.69) is 0 Å². The van der Waals surface area contributed by atoms with Gasteiger partial charge in [0, 0.05) is 18.1 Å². The zero-order valence-corrected chi connectivity index (χ0v) is 17.0. The predicted octanol–water partition coefficient (Wildman–Crippen LogP) is 4.88. The lowest BCUT2D eigenvalue weighted by Gasteiger charge is -2.32. The predicted molar refractivity (Wildman–Crippen MR) is 105 cm³/mol. The molecule has 0 atom stereocenters. The summed E-state index contributed by atoms with van der Waals surface area (Å²) in [6.45, 7) is 2.66. The lowest BCUT2D eigenvalue weighted by molar-refractivity contribution is 0.313. The number of hydrogen-bond acceptors (Lipinski definition) is 3. The third-order valence-corrected chi connectivity index (χ3v) is 7.63. The van der Waals surface area contributed by atoms with Crippen LogP contribution in [0, 0.1) is 6.92 Å². The Balaban J connectivity index is 1.80. The smallest absolute Gasteiger partial charge is 0.244 e. The van der Waals surface area contributed by atoms with Gasteiger partial charge in [0.1, 0.15) is 10.6 Å². The molecular weight excluding hydrogens is 393 g/mol. The van der Waals surface area contributed by atoms with Crippen molar-refractivity contribution in [2.24, 2.45) is 0 Å². The third-order valence-electron chi connectivity index (χ3n) is 4.86. The van der Waals surface area contributed by atoms with Crippen LogP contribution in [-0.4, -0.2) is 32.9 Å². The van der Waals surface area contributed by atoms with Crippen LogP contribution in [0.5, 0.6) is 5.75 Å². The van der Waals surface area contributed by atoms with Crippen LogP contribution in [0.4, 0.5) is 0 Å². The molecule has 0 aliphatic carbocycles.